The number of amides is 1. The van der Waals surface area contributed by atoms with E-state index in [2.05, 4.69) is 20.3 Å². The van der Waals surface area contributed by atoms with Gasteiger partial charge in [0.1, 0.15) is 5.69 Å². The summed E-state index contributed by atoms with van der Waals surface area (Å²) in [6, 6.07) is 5.76. The number of benzene rings is 1. The van der Waals surface area contributed by atoms with Crippen LogP contribution in [0.4, 0.5) is 13.2 Å². The molecule has 0 aliphatic carbocycles. The predicted molar refractivity (Wildman–Crippen MR) is 81.5 cm³/mol. The van der Waals surface area contributed by atoms with Gasteiger partial charge in [0.25, 0.3) is 5.91 Å². The molecule has 0 spiro atoms. The molecule has 2 aromatic heterocycles. The second kappa shape index (κ2) is 6.12. The lowest BCUT2D eigenvalue weighted by Crippen LogP contribution is -2.24. The summed E-state index contributed by atoms with van der Waals surface area (Å²) in [6.07, 6.45) is -1.83. The highest BCUT2D eigenvalue weighted by Gasteiger charge is 2.32. The van der Waals surface area contributed by atoms with Crippen LogP contribution in [0.2, 0.25) is 5.02 Å². The lowest BCUT2D eigenvalue weighted by atomic mass is 10.1. The minimum atomic E-state index is -4.43. The van der Waals surface area contributed by atoms with Crippen LogP contribution in [0.1, 0.15) is 21.9 Å². The van der Waals surface area contributed by atoms with Crippen LogP contribution in [-0.2, 0) is 12.7 Å². The molecule has 2 N–H and O–H groups in total. The summed E-state index contributed by atoms with van der Waals surface area (Å²) in [6.45, 7) is 0.132. The molecule has 124 valence electrons. The summed E-state index contributed by atoms with van der Waals surface area (Å²) in [5.74, 6) is -0.543. The number of hydrogen-bond acceptors (Lipinski definition) is 3. The number of hydrogen-bond donors (Lipinski definition) is 2. The molecule has 3 rings (SSSR count). The summed E-state index contributed by atoms with van der Waals surface area (Å²) in [5.41, 5.74) is 0.212. The van der Waals surface area contributed by atoms with Crippen LogP contribution < -0.4 is 5.32 Å². The van der Waals surface area contributed by atoms with Crippen LogP contribution in [-0.4, -0.2) is 20.9 Å². The van der Waals surface area contributed by atoms with Crippen molar-refractivity contribution in [1.82, 2.24) is 20.3 Å². The largest absolute Gasteiger partial charge is 0.431 e. The van der Waals surface area contributed by atoms with Gasteiger partial charge in [0.2, 0.25) is 5.82 Å². The minimum Gasteiger partial charge on any atom is -0.351 e. The van der Waals surface area contributed by atoms with E-state index in [-0.39, 0.29) is 12.4 Å². The highest BCUT2D eigenvalue weighted by molar-refractivity contribution is 6.30. The molecule has 24 heavy (non-hydrogen) atoms. The van der Waals surface area contributed by atoms with Crippen molar-refractivity contribution in [2.24, 2.45) is 0 Å². The highest BCUT2D eigenvalue weighted by Crippen LogP contribution is 2.31. The first-order valence-electron chi connectivity index (χ1n) is 6.77. The van der Waals surface area contributed by atoms with E-state index in [0.29, 0.717) is 21.5 Å². The Morgan fingerprint density at radius 3 is 2.58 bits per heavy atom. The second-order valence-corrected chi connectivity index (χ2v) is 5.45. The van der Waals surface area contributed by atoms with Gasteiger partial charge in [-0.25, -0.2) is 9.97 Å². The smallest absolute Gasteiger partial charge is 0.351 e. The van der Waals surface area contributed by atoms with E-state index in [1.165, 1.54) is 18.5 Å². The fourth-order valence-corrected chi connectivity index (χ4v) is 2.23. The molecule has 0 bridgehead atoms. The maximum absolute atomic E-state index is 12.7. The zero-order valence-electron chi connectivity index (χ0n) is 12.0. The Bertz CT molecular complexity index is 890. The Morgan fingerprint density at radius 1 is 1.21 bits per heavy atom. The van der Waals surface area contributed by atoms with E-state index in [9.17, 15) is 18.0 Å². The summed E-state index contributed by atoms with van der Waals surface area (Å²) in [7, 11) is 0. The normalized spacial score (nSPS) is 11.7. The maximum Gasteiger partial charge on any atom is 0.431 e. The van der Waals surface area contributed by atoms with Crippen molar-refractivity contribution in [3.05, 3.63) is 58.8 Å². The highest BCUT2D eigenvalue weighted by atomic mass is 35.5. The molecule has 0 fully saturated rings. The Hall–Kier alpha value is -2.61. The van der Waals surface area contributed by atoms with Gasteiger partial charge < -0.3 is 10.3 Å². The zero-order valence-corrected chi connectivity index (χ0v) is 12.7. The van der Waals surface area contributed by atoms with Gasteiger partial charge in [0.15, 0.2) is 0 Å². The van der Waals surface area contributed by atoms with Gasteiger partial charge in [-0.3, -0.25) is 4.79 Å². The summed E-state index contributed by atoms with van der Waals surface area (Å²) in [5, 5.41) is 3.32. The van der Waals surface area contributed by atoms with Crippen molar-refractivity contribution in [1.29, 1.82) is 0 Å². The van der Waals surface area contributed by atoms with Crippen LogP contribution in [0.15, 0.2) is 36.7 Å². The fourth-order valence-electron chi connectivity index (χ4n) is 2.14. The van der Waals surface area contributed by atoms with E-state index in [1.807, 2.05) is 0 Å². The van der Waals surface area contributed by atoms with Gasteiger partial charge >= 0.3 is 6.18 Å². The van der Waals surface area contributed by atoms with Gasteiger partial charge in [0.05, 0.1) is 5.02 Å². The fraction of sp³-hybridized carbons (Fsp3) is 0.133. The molecule has 1 amide bonds. The molecule has 5 nitrogen and oxygen atoms in total. The number of carbonyl (C=O) groups is 1. The van der Waals surface area contributed by atoms with Gasteiger partial charge in [-0.15, -0.1) is 0 Å². The van der Waals surface area contributed by atoms with Crippen molar-refractivity contribution in [3.63, 3.8) is 0 Å². The van der Waals surface area contributed by atoms with Crippen molar-refractivity contribution >= 4 is 28.4 Å². The standard InChI is InChI=1S/C15H10ClF3N4O/c16-10-6-20-13(21-7-10)14(24)22-5-8-1-2-11-9(3-8)4-12(23-11)15(17,18)19/h1-4,6-7,23H,5H2,(H,22,24). The third-order valence-electron chi connectivity index (χ3n) is 3.27. The molecule has 1 aromatic carbocycles. The van der Waals surface area contributed by atoms with Crippen LogP contribution >= 0.6 is 11.6 Å². The number of carbonyl (C=O) groups excluding carboxylic acids is 1. The third kappa shape index (κ3) is 3.48. The van der Waals surface area contributed by atoms with Crippen molar-refractivity contribution in [3.8, 4) is 0 Å². The first-order chi connectivity index (χ1) is 11.3. The number of H-pyrrole nitrogens is 1. The summed E-state index contributed by atoms with van der Waals surface area (Å²) < 4.78 is 38.1. The molecule has 0 radical (unpaired) electrons. The number of fused-ring (bicyclic) bond motifs is 1. The van der Waals surface area contributed by atoms with E-state index >= 15 is 0 Å². The number of halogens is 4. The molecule has 3 aromatic rings. The van der Waals surface area contributed by atoms with Crippen LogP contribution in [0.5, 0.6) is 0 Å². The van der Waals surface area contributed by atoms with E-state index < -0.39 is 17.8 Å². The Labute approximate surface area is 138 Å². The van der Waals surface area contributed by atoms with Gasteiger partial charge in [-0.05, 0) is 23.8 Å². The number of aromatic amines is 1. The van der Waals surface area contributed by atoms with Crippen molar-refractivity contribution < 1.29 is 18.0 Å². The SMILES string of the molecule is O=C(NCc1ccc2[nH]c(C(F)(F)F)cc2c1)c1ncc(Cl)cn1. The van der Waals surface area contributed by atoms with E-state index in [0.717, 1.165) is 6.07 Å². The van der Waals surface area contributed by atoms with Crippen LogP contribution in [0, 0.1) is 0 Å². The Balaban J connectivity index is 1.73. The first kappa shape index (κ1) is 16.3. The predicted octanol–water partition coefficient (Wildman–Crippen LogP) is 3.56. The molecule has 0 saturated heterocycles. The monoisotopic (exact) mass is 354 g/mol. The number of rotatable bonds is 3. The van der Waals surface area contributed by atoms with Crippen molar-refractivity contribution in [2.75, 3.05) is 0 Å². The third-order valence-corrected chi connectivity index (χ3v) is 3.46. The summed E-state index contributed by atoms with van der Waals surface area (Å²) >= 11 is 5.64. The molecule has 2 heterocycles. The molecule has 9 heteroatoms. The quantitative estimate of drug-likeness (QED) is 0.755. The number of alkyl halides is 3. The lowest BCUT2D eigenvalue weighted by Gasteiger charge is -2.04. The molecular formula is C15H10ClF3N4O. The second-order valence-electron chi connectivity index (χ2n) is 5.01. The number of aromatic nitrogens is 3. The molecular weight excluding hydrogens is 345 g/mol. The van der Waals surface area contributed by atoms with Crippen molar-refractivity contribution in [2.45, 2.75) is 12.7 Å². The number of nitrogens with zero attached hydrogens (tertiary/aromatic N) is 2. The van der Waals surface area contributed by atoms with E-state index in [4.69, 9.17) is 11.6 Å². The van der Waals surface area contributed by atoms with Crippen LogP contribution in [0.3, 0.4) is 0 Å². The van der Waals surface area contributed by atoms with E-state index in [1.54, 1.807) is 12.1 Å². The molecule has 0 atom stereocenters. The average Bonchev–Trinajstić information content (AvgIpc) is 2.97. The Kier molecular flexibility index (Phi) is 4.15. The molecule has 0 unspecified atom stereocenters. The number of nitrogens with one attached hydrogen (secondary N) is 2. The Morgan fingerprint density at radius 2 is 1.92 bits per heavy atom. The van der Waals surface area contributed by atoms with Crippen LogP contribution in [0.25, 0.3) is 10.9 Å². The lowest BCUT2D eigenvalue weighted by molar-refractivity contribution is -0.140. The van der Waals surface area contributed by atoms with Gasteiger partial charge in [-0.1, -0.05) is 17.7 Å². The molecule has 0 saturated carbocycles. The first-order valence-corrected chi connectivity index (χ1v) is 7.15. The average molecular weight is 355 g/mol. The molecule has 0 aliphatic rings. The maximum atomic E-state index is 12.7. The van der Waals surface area contributed by atoms with Gasteiger partial charge in [0, 0.05) is 29.8 Å². The topological polar surface area (TPSA) is 70.7 Å². The molecule has 0 aliphatic heterocycles. The minimum absolute atomic E-state index is 0.0403. The van der Waals surface area contributed by atoms with Gasteiger partial charge in [-0.2, -0.15) is 13.2 Å². The summed E-state index contributed by atoms with van der Waals surface area (Å²) in [4.78, 5) is 21.8. The zero-order chi connectivity index (χ0) is 17.3.